The molecule has 0 spiro atoms. The zero-order chi connectivity index (χ0) is 35.9. The summed E-state index contributed by atoms with van der Waals surface area (Å²) in [4.78, 5) is 2.53. The van der Waals surface area contributed by atoms with E-state index in [0.717, 1.165) is 11.4 Å². The van der Waals surface area contributed by atoms with Crippen molar-refractivity contribution in [3.8, 4) is 44.5 Å². The van der Waals surface area contributed by atoms with E-state index in [1.54, 1.807) is 0 Å². The highest BCUT2D eigenvalue weighted by atomic mass is 15.1. The van der Waals surface area contributed by atoms with Crippen LogP contribution in [0.15, 0.2) is 176 Å². The molecule has 0 amide bonds. The van der Waals surface area contributed by atoms with Crippen LogP contribution in [0, 0.1) is 0 Å². The zero-order valence-corrected chi connectivity index (χ0v) is 30.7. The first-order valence-corrected chi connectivity index (χ1v) is 18.8. The summed E-state index contributed by atoms with van der Waals surface area (Å²) >= 11 is 0. The Morgan fingerprint density at radius 2 is 0.906 bits per heavy atom. The van der Waals surface area contributed by atoms with Crippen molar-refractivity contribution >= 4 is 27.8 Å². The van der Waals surface area contributed by atoms with Gasteiger partial charge in [0.1, 0.15) is 0 Å². The molecule has 2 aliphatic rings. The van der Waals surface area contributed by atoms with Gasteiger partial charge in [0, 0.05) is 27.8 Å². The fourth-order valence-corrected chi connectivity index (χ4v) is 9.45. The molecule has 8 aromatic carbocycles. The molecule has 0 fully saturated rings. The van der Waals surface area contributed by atoms with Crippen molar-refractivity contribution in [1.82, 2.24) is 0 Å². The average molecular weight is 680 g/mol. The van der Waals surface area contributed by atoms with E-state index in [4.69, 9.17) is 0 Å². The van der Waals surface area contributed by atoms with E-state index >= 15 is 0 Å². The van der Waals surface area contributed by atoms with Crippen LogP contribution < -0.4 is 4.90 Å². The van der Waals surface area contributed by atoms with Crippen molar-refractivity contribution in [2.45, 2.75) is 38.5 Å². The lowest BCUT2D eigenvalue weighted by Crippen LogP contribution is -2.18. The lowest BCUT2D eigenvalue weighted by molar-refractivity contribution is 0.660. The molecule has 0 radical (unpaired) electrons. The number of nitrogens with zero attached hydrogens (tertiary/aromatic N) is 1. The third-order valence-electron chi connectivity index (χ3n) is 12.0. The van der Waals surface area contributed by atoms with E-state index < -0.39 is 0 Å². The maximum Gasteiger partial charge on any atom is 0.0549 e. The summed E-state index contributed by atoms with van der Waals surface area (Å²) < 4.78 is 0. The van der Waals surface area contributed by atoms with Crippen molar-refractivity contribution < 1.29 is 0 Å². The van der Waals surface area contributed by atoms with E-state index in [0.29, 0.717) is 0 Å². The maximum atomic E-state index is 2.53. The zero-order valence-electron chi connectivity index (χ0n) is 30.7. The fourth-order valence-electron chi connectivity index (χ4n) is 9.45. The van der Waals surface area contributed by atoms with E-state index in [9.17, 15) is 0 Å². The molecule has 0 heterocycles. The molecule has 0 unspecified atom stereocenters. The largest absolute Gasteiger partial charge is 0.310 e. The van der Waals surface area contributed by atoms with Gasteiger partial charge in [0.2, 0.25) is 0 Å². The molecule has 1 heteroatoms. The van der Waals surface area contributed by atoms with Crippen LogP contribution >= 0.6 is 0 Å². The molecule has 1 nitrogen and oxygen atoms in total. The van der Waals surface area contributed by atoms with Gasteiger partial charge in [0.05, 0.1) is 5.69 Å². The second-order valence-electron chi connectivity index (χ2n) is 15.7. The summed E-state index contributed by atoms with van der Waals surface area (Å²) in [7, 11) is 0. The van der Waals surface area contributed by atoms with Gasteiger partial charge in [-0.15, -0.1) is 0 Å². The summed E-state index contributed by atoms with van der Waals surface area (Å²) in [6.45, 7) is 9.56. The van der Waals surface area contributed by atoms with Crippen molar-refractivity contribution in [2.24, 2.45) is 0 Å². The van der Waals surface area contributed by atoms with Crippen molar-refractivity contribution in [1.29, 1.82) is 0 Å². The Bertz CT molecular complexity index is 2700. The molecule has 254 valence electrons. The van der Waals surface area contributed by atoms with Crippen LogP contribution in [0.3, 0.4) is 0 Å². The molecule has 2 aliphatic carbocycles. The highest BCUT2D eigenvalue weighted by Crippen LogP contribution is 2.58. The maximum absolute atomic E-state index is 2.53. The molecular formula is C52H41N. The Balaban J connectivity index is 1.29. The van der Waals surface area contributed by atoms with E-state index in [2.05, 4.69) is 209 Å². The van der Waals surface area contributed by atoms with E-state index in [1.165, 1.54) is 83.2 Å². The van der Waals surface area contributed by atoms with Gasteiger partial charge in [-0.05, 0) is 102 Å². The normalized spacial score (nSPS) is 14.3. The highest BCUT2D eigenvalue weighted by molar-refractivity contribution is 6.10. The van der Waals surface area contributed by atoms with E-state index in [-0.39, 0.29) is 10.8 Å². The summed E-state index contributed by atoms with van der Waals surface area (Å²) in [5.41, 5.74) is 18.9. The molecule has 0 N–H and O–H groups in total. The van der Waals surface area contributed by atoms with Crippen LogP contribution in [0.5, 0.6) is 0 Å². The molecule has 0 bridgehead atoms. The number of anilines is 3. The number of hydrogen-bond donors (Lipinski definition) is 0. The predicted octanol–water partition coefficient (Wildman–Crippen LogP) is 14.3. The Morgan fingerprint density at radius 1 is 0.358 bits per heavy atom. The fraction of sp³-hybridized carbons (Fsp3) is 0.115. The van der Waals surface area contributed by atoms with Gasteiger partial charge in [-0.2, -0.15) is 0 Å². The van der Waals surface area contributed by atoms with Gasteiger partial charge in [0.15, 0.2) is 0 Å². The molecule has 0 saturated carbocycles. The molecular weight excluding hydrogens is 639 g/mol. The Kier molecular flexibility index (Phi) is 6.94. The standard InChI is InChI=1S/C52H41N/c1-51(2)45-24-13-11-20-40(45)41-31-30-38(32-47(41)51)53(37-28-26-35(27-29-37)34-16-7-5-8-17-34)48-33-44-39(36-18-9-6-10-19-36)22-15-23-42(44)50-49(48)43-21-12-14-25-46(43)52(50,3)4/h5-33H,1-4H3. The molecule has 8 aromatic rings. The molecule has 10 rings (SSSR count). The van der Waals surface area contributed by atoms with Crippen LogP contribution in [0.2, 0.25) is 0 Å². The van der Waals surface area contributed by atoms with Crippen LogP contribution in [0.25, 0.3) is 55.3 Å². The molecule has 0 aliphatic heterocycles. The number of rotatable bonds is 5. The van der Waals surface area contributed by atoms with Crippen LogP contribution in [-0.2, 0) is 10.8 Å². The van der Waals surface area contributed by atoms with Crippen molar-refractivity contribution in [3.63, 3.8) is 0 Å². The van der Waals surface area contributed by atoms with E-state index in [1.807, 2.05) is 0 Å². The monoisotopic (exact) mass is 679 g/mol. The summed E-state index contributed by atoms with van der Waals surface area (Å²) in [5, 5.41) is 2.59. The Labute approximate surface area is 312 Å². The van der Waals surface area contributed by atoms with Gasteiger partial charge in [-0.3, -0.25) is 0 Å². The second-order valence-corrected chi connectivity index (χ2v) is 15.7. The molecule has 53 heavy (non-hydrogen) atoms. The van der Waals surface area contributed by atoms with Gasteiger partial charge in [-0.25, -0.2) is 0 Å². The number of fused-ring (bicyclic) bond motifs is 8. The smallest absolute Gasteiger partial charge is 0.0549 e. The second kappa shape index (κ2) is 11.7. The Morgan fingerprint density at radius 3 is 1.62 bits per heavy atom. The predicted molar refractivity (Wildman–Crippen MR) is 225 cm³/mol. The first-order chi connectivity index (χ1) is 25.8. The first kappa shape index (κ1) is 31.5. The highest BCUT2D eigenvalue weighted by Gasteiger charge is 2.41. The quantitative estimate of drug-likeness (QED) is 0.175. The first-order valence-electron chi connectivity index (χ1n) is 18.8. The van der Waals surface area contributed by atoms with Crippen molar-refractivity contribution in [3.05, 3.63) is 198 Å². The van der Waals surface area contributed by atoms with Crippen LogP contribution in [0.1, 0.15) is 49.9 Å². The minimum atomic E-state index is -0.195. The van der Waals surface area contributed by atoms with Crippen LogP contribution in [0.4, 0.5) is 17.1 Å². The SMILES string of the molecule is CC1(C)c2ccccc2-c2ccc(N(c3ccc(-c4ccccc4)cc3)c3cc4c(-c5ccccc5)cccc4c4c3-c3ccccc3C4(C)C)cc21. The topological polar surface area (TPSA) is 3.24 Å². The summed E-state index contributed by atoms with van der Waals surface area (Å²) in [6.07, 6.45) is 0. The van der Waals surface area contributed by atoms with Gasteiger partial charge in [-0.1, -0.05) is 173 Å². The molecule has 0 atom stereocenters. The van der Waals surface area contributed by atoms with Crippen molar-refractivity contribution in [2.75, 3.05) is 4.90 Å². The van der Waals surface area contributed by atoms with Gasteiger partial charge in [0.25, 0.3) is 0 Å². The minimum absolute atomic E-state index is 0.120. The Hall–Kier alpha value is -6.18. The van der Waals surface area contributed by atoms with Crippen LogP contribution in [-0.4, -0.2) is 0 Å². The summed E-state index contributed by atoms with van der Waals surface area (Å²) in [5.74, 6) is 0. The average Bonchev–Trinajstić information content (AvgIpc) is 3.59. The van der Waals surface area contributed by atoms with Gasteiger partial charge >= 0.3 is 0 Å². The third-order valence-corrected chi connectivity index (χ3v) is 12.0. The number of benzene rings is 8. The molecule has 0 saturated heterocycles. The third kappa shape index (κ3) is 4.70. The lowest BCUT2D eigenvalue weighted by Gasteiger charge is -2.31. The number of hydrogen-bond acceptors (Lipinski definition) is 1. The van der Waals surface area contributed by atoms with Gasteiger partial charge < -0.3 is 4.90 Å². The summed E-state index contributed by atoms with van der Waals surface area (Å²) in [6, 6.07) is 65.2. The minimum Gasteiger partial charge on any atom is -0.310 e. The molecule has 0 aromatic heterocycles. The lowest BCUT2D eigenvalue weighted by atomic mass is 9.79.